The lowest BCUT2D eigenvalue weighted by atomic mass is 10.2. The van der Waals surface area contributed by atoms with Gasteiger partial charge in [-0.1, -0.05) is 5.92 Å². The molecule has 7 heteroatoms. The van der Waals surface area contributed by atoms with Crippen LogP contribution in [0.4, 0.5) is 10.1 Å². The highest BCUT2D eigenvalue weighted by molar-refractivity contribution is 5.50. The Morgan fingerprint density at radius 2 is 2.14 bits per heavy atom. The third-order valence-corrected chi connectivity index (χ3v) is 3.22. The zero-order valence-corrected chi connectivity index (χ0v) is 12.4. The van der Waals surface area contributed by atoms with Crippen LogP contribution in [0.2, 0.25) is 0 Å². The van der Waals surface area contributed by atoms with Crippen molar-refractivity contribution in [1.29, 1.82) is 0 Å². The highest BCUT2D eigenvalue weighted by Crippen LogP contribution is 2.29. The molecule has 1 aromatic heterocycles. The lowest BCUT2D eigenvalue weighted by molar-refractivity contribution is -0.386. The predicted octanol–water partition coefficient (Wildman–Crippen LogP) is 2.86. The van der Waals surface area contributed by atoms with Crippen LogP contribution in [0, 0.1) is 49.0 Å². The zero-order chi connectivity index (χ0) is 16.4. The maximum atomic E-state index is 14.2. The number of hydrogen-bond donors (Lipinski definition) is 0. The molecular formula is C15H14FN3O3. The van der Waals surface area contributed by atoms with E-state index in [0.29, 0.717) is 11.3 Å². The molecule has 0 fully saturated rings. The van der Waals surface area contributed by atoms with Crippen LogP contribution in [0.1, 0.15) is 17.0 Å². The number of aryl methyl sites for hydroxylation is 2. The fourth-order valence-corrected chi connectivity index (χ4v) is 2.21. The number of ether oxygens (including phenoxy) is 1. The maximum Gasteiger partial charge on any atom is 0.313 e. The van der Waals surface area contributed by atoms with E-state index in [0.717, 1.165) is 0 Å². The number of benzene rings is 1. The van der Waals surface area contributed by atoms with E-state index in [9.17, 15) is 14.5 Å². The van der Waals surface area contributed by atoms with Crippen molar-refractivity contribution >= 4 is 5.69 Å². The Balaban J connectivity index is 2.60. The first-order valence-electron chi connectivity index (χ1n) is 6.44. The van der Waals surface area contributed by atoms with Crippen LogP contribution < -0.4 is 4.74 Å². The van der Waals surface area contributed by atoms with E-state index in [4.69, 9.17) is 11.2 Å². The molecule has 22 heavy (non-hydrogen) atoms. The molecule has 0 atom stereocenters. The van der Waals surface area contributed by atoms with Gasteiger partial charge in [0.05, 0.1) is 4.92 Å². The zero-order valence-electron chi connectivity index (χ0n) is 12.4. The van der Waals surface area contributed by atoms with E-state index in [1.165, 1.54) is 30.7 Å². The van der Waals surface area contributed by atoms with Gasteiger partial charge in [0.1, 0.15) is 35.2 Å². The van der Waals surface area contributed by atoms with Gasteiger partial charge in [0.25, 0.3) is 0 Å². The number of hydrogen-bond acceptors (Lipinski definition) is 4. The minimum absolute atomic E-state index is 0.0448. The van der Waals surface area contributed by atoms with Crippen LogP contribution in [0.3, 0.4) is 0 Å². The summed E-state index contributed by atoms with van der Waals surface area (Å²) in [5.74, 6) is 2.19. The van der Waals surface area contributed by atoms with Crippen molar-refractivity contribution in [1.82, 2.24) is 9.78 Å². The summed E-state index contributed by atoms with van der Waals surface area (Å²) in [5, 5.41) is 15.1. The lowest BCUT2D eigenvalue weighted by Crippen LogP contribution is -2.05. The summed E-state index contributed by atoms with van der Waals surface area (Å²) >= 11 is 0. The molecule has 0 saturated heterocycles. The van der Waals surface area contributed by atoms with Crippen LogP contribution in [-0.2, 0) is 0 Å². The molecule has 0 amide bonds. The van der Waals surface area contributed by atoms with E-state index in [2.05, 4.69) is 11.0 Å². The highest BCUT2D eigenvalue weighted by Gasteiger charge is 2.24. The Morgan fingerprint density at radius 1 is 1.45 bits per heavy atom. The molecule has 0 radical (unpaired) electrons. The molecule has 0 spiro atoms. The van der Waals surface area contributed by atoms with E-state index >= 15 is 0 Å². The fraction of sp³-hybridized carbons (Fsp3) is 0.267. The average Bonchev–Trinajstić information content (AvgIpc) is 2.73. The number of rotatable bonds is 4. The van der Waals surface area contributed by atoms with E-state index in [1.807, 2.05) is 0 Å². The summed E-state index contributed by atoms with van der Waals surface area (Å²) in [7, 11) is 0. The van der Waals surface area contributed by atoms with Crippen LogP contribution in [0.15, 0.2) is 12.1 Å². The molecule has 0 bridgehead atoms. The standard InChI is InChI=1S/C15H14FN3O3/c1-5-6-22-14-8-13(12(16)7-9(14)2)18-11(4)15(19(20)21)10(3)17-18/h1,7-8H,6H2,2-4H3. The maximum absolute atomic E-state index is 14.2. The number of halogens is 1. The Kier molecular flexibility index (Phi) is 4.13. The van der Waals surface area contributed by atoms with Crippen molar-refractivity contribution in [3.8, 4) is 23.8 Å². The van der Waals surface area contributed by atoms with Crippen molar-refractivity contribution in [2.24, 2.45) is 0 Å². The van der Waals surface area contributed by atoms with E-state index in [-0.39, 0.29) is 29.4 Å². The van der Waals surface area contributed by atoms with Gasteiger partial charge in [0, 0.05) is 6.07 Å². The Labute approximate surface area is 126 Å². The van der Waals surface area contributed by atoms with Crippen LogP contribution in [0.25, 0.3) is 5.69 Å². The summed E-state index contributed by atoms with van der Waals surface area (Å²) in [6.45, 7) is 4.74. The van der Waals surface area contributed by atoms with Gasteiger partial charge in [0.15, 0.2) is 0 Å². The third kappa shape index (κ3) is 2.63. The second-order valence-corrected chi connectivity index (χ2v) is 4.75. The van der Waals surface area contributed by atoms with Gasteiger partial charge in [-0.3, -0.25) is 10.1 Å². The summed E-state index contributed by atoms with van der Waals surface area (Å²) in [5.41, 5.74) is 0.978. The van der Waals surface area contributed by atoms with E-state index in [1.54, 1.807) is 6.92 Å². The van der Waals surface area contributed by atoms with Crippen molar-refractivity contribution in [3.63, 3.8) is 0 Å². The summed E-state index contributed by atoms with van der Waals surface area (Å²) in [6.07, 6.45) is 5.14. The SMILES string of the molecule is C#CCOc1cc(-n2nc(C)c([N+](=O)[O-])c2C)c(F)cc1C. The number of aromatic nitrogens is 2. The second-order valence-electron chi connectivity index (χ2n) is 4.75. The largest absolute Gasteiger partial charge is 0.481 e. The molecule has 0 unspecified atom stereocenters. The number of nitrogens with zero attached hydrogens (tertiary/aromatic N) is 3. The summed E-state index contributed by atoms with van der Waals surface area (Å²) < 4.78 is 20.8. The monoisotopic (exact) mass is 303 g/mol. The van der Waals surface area contributed by atoms with Gasteiger partial charge in [-0.15, -0.1) is 6.42 Å². The Bertz CT molecular complexity index is 790. The van der Waals surface area contributed by atoms with Crippen molar-refractivity contribution in [2.45, 2.75) is 20.8 Å². The Morgan fingerprint density at radius 3 is 2.68 bits per heavy atom. The first kappa shape index (κ1) is 15.5. The van der Waals surface area contributed by atoms with Gasteiger partial charge >= 0.3 is 5.69 Å². The number of nitro groups is 1. The minimum atomic E-state index is -0.550. The molecule has 0 N–H and O–H groups in total. The quantitative estimate of drug-likeness (QED) is 0.495. The summed E-state index contributed by atoms with van der Waals surface area (Å²) in [6, 6.07) is 2.72. The molecule has 0 saturated carbocycles. The molecule has 114 valence electrons. The molecule has 1 heterocycles. The van der Waals surface area contributed by atoms with Crippen LogP contribution in [-0.4, -0.2) is 21.3 Å². The molecule has 6 nitrogen and oxygen atoms in total. The average molecular weight is 303 g/mol. The topological polar surface area (TPSA) is 70.2 Å². The molecule has 0 aliphatic rings. The molecule has 0 aliphatic heterocycles. The van der Waals surface area contributed by atoms with Crippen LogP contribution in [0.5, 0.6) is 5.75 Å². The van der Waals surface area contributed by atoms with Crippen molar-refractivity contribution in [3.05, 3.63) is 45.0 Å². The van der Waals surface area contributed by atoms with Crippen molar-refractivity contribution < 1.29 is 14.1 Å². The number of terminal acetylenes is 1. The molecule has 2 aromatic rings. The van der Waals surface area contributed by atoms with Gasteiger partial charge in [0.2, 0.25) is 0 Å². The Hall–Kier alpha value is -2.88. The minimum Gasteiger partial charge on any atom is -0.481 e. The van der Waals surface area contributed by atoms with Gasteiger partial charge in [-0.25, -0.2) is 9.07 Å². The summed E-state index contributed by atoms with van der Waals surface area (Å²) in [4.78, 5) is 10.5. The third-order valence-electron chi connectivity index (χ3n) is 3.22. The molecule has 1 aromatic carbocycles. The first-order chi connectivity index (χ1) is 10.4. The molecule has 0 aliphatic carbocycles. The van der Waals surface area contributed by atoms with Crippen LogP contribution >= 0.6 is 0 Å². The predicted molar refractivity (Wildman–Crippen MR) is 78.7 cm³/mol. The smallest absolute Gasteiger partial charge is 0.313 e. The van der Waals surface area contributed by atoms with Gasteiger partial charge in [-0.05, 0) is 32.4 Å². The van der Waals surface area contributed by atoms with Gasteiger partial charge in [-0.2, -0.15) is 5.10 Å². The highest BCUT2D eigenvalue weighted by atomic mass is 19.1. The second kappa shape index (κ2) is 5.85. The van der Waals surface area contributed by atoms with E-state index < -0.39 is 10.7 Å². The van der Waals surface area contributed by atoms with Gasteiger partial charge < -0.3 is 4.74 Å². The molecule has 2 rings (SSSR count). The first-order valence-corrected chi connectivity index (χ1v) is 6.44. The molecular weight excluding hydrogens is 289 g/mol. The van der Waals surface area contributed by atoms with Crippen molar-refractivity contribution in [2.75, 3.05) is 6.61 Å². The lowest BCUT2D eigenvalue weighted by Gasteiger charge is -2.11. The fourth-order valence-electron chi connectivity index (χ4n) is 2.21. The normalized spacial score (nSPS) is 10.3.